The average molecular weight is 401 g/mol. The van der Waals surface area contributed by atoms with E-state index in [-0.39, 0.29) is 0 Å². The quantitative estimate of drug-likeness (QED) is 0.655. The Hall–Kier alpha value is -2.38. The number of fused-ring (bicyclic) bond motifs is 1. The molecule has 1 fully saturated rings. The highest BCUT2D eigenvalue weighted by Crippen LogP contribution is 2.22. The molecule has 4 rings (SSSR count). The number of hydrogen-bond acceptors (Lipinski definition) is 6. The van der Waals surface area contributed by atoms with E-state index in [1.807, 2.05) is 24.3 Å². The number of ether oxygens (including phenoxy) is 1. The van der Waals surface area contributed by atoms with E-state index < -0.39 is 0 Å². The summed E-state index contributed by atoms with van der Waals surface area (Å²) in [6.45, 7) is 4.94. The van der Waals surface area contributed by atoms with E-state index in [1.165, 1.54) is 19.2 Å². The molecule has 2 N–H and O–H groups in total. The molecule has 0 aliphatic carbocycles. The van der Waals surface area contributed by atoms with E-state index in [9.17, 15) is 0 Å². The summed E-state index contributed by atoms with van der Waals surface area (Å²) in [5, 5.41) is 0.715. The topological polar surface area (TPSA) is 82.1 Å². The number of aryl methyl sites for hydroxylation is 1. The van der Waals surface area contributed by atoms with E-state index in [0.29, 0.717) is 22.3 Å². The summed E-state index contributed by atoms with van der Waals surface area (Å²) in [5.74, 6) is 1.89. The molecule has 0 bridgehead atoms. The summed E-state index contributed by atoms with van der Waals surface area (Å²) in [5.41, 5.74) is 7.34. The van der Waals surface area contributed by atoms with E-state index in [0.717, 1.165) is 50.6 Å². The van der Waals surface area contributed by atoms with Crippen LogP contribution in [0, 0.1) is 5.92 Å². The summed E-state index contributed by atoms with van der Waals surface area (Å²) in [6.07, 6.45) is 6.68. The highest BCUT2D eigenvalue weighted by Gasteiger charge is 2.19. The molecular weight excluding hydrogens is 376 g/mol. The summed E-state index contributed by atoms with van der Waals surface area (Å²) in [4.78, 5) is 15.1. The third kappa shape index (κ3) is 4.54. The third-order valence-electron chi connectivity index (χ3n) is 5.29. The Balaban J connectivity index is 1.19. The number of rotatable bonds is 7. The molecule has 0 amide bonds. The van der Waals surface area contributed by atoms with Gasteiger partial charge in [0.1, 0.15) is 17.6 Å². The first-order valence-corrected chi connectivity index (χ1v) is 10.1. The van der Waals surface area contributed by atoms with Crippen LogP contribution in [0.5, 0.6) is 5.75 Å². The van der Waals surface area contributed by atoms with Gasteiger partial charge in [0.05, 0.1) is 12.9 Å². The molecule has 28 heavy (non-hydrogen) atoms. The van der Waals surface area contributed by atoms with E-state index in [4.69, 9.17) is 22.1 Å². The van der Waals surface area contributed by atoms with Crippen molar-refractivity contribution in [3.8, 4) is 5.75 Å². The molecule has 0 spiro atoms. The minimum Gasteiger partial charge on any atom is -0.493 e. The predicted molar refractivity (Wildman–Crippen MR) is 110 cm³/mol. The Morgan fingerprint density at radius 1 is 1.14 bits per heavy atom. The van der Waals surface area contributed by atoms with Gasteiger partial charge in [-0.15, -0.1) is 0 Å². The van der Waals surface area contributed by atoms with Crippen LogP contribution in [0.25, 0.3) is 11.2 Å². The molecule has 3 heterocycles. The van der Waals surface area contributed by atoms with Gasteiger partial charge in [-0.1, -0.05) is 17.7 Å². The second-order valence-corrected chi connectivity index (χ2v) is 7.71. The van der Waals surface area contributed by atoms with Crippen molar-refractivity contribution in [3.05, 3.63) is 41.9 Å². The lowest BCUT2D eigenvalue weighted by atomic mass is 9.97. The molecule has 0 unspecified atom stereocenters. The Kier molecular flexibility index (Phi) is 5.92. The zero-order chi connectivity index (χ0) is 19.3. The standard InChI is InChI=1S/C20H25ClN6O/c21-16-3-1-4-17(11-16)28-12-15-5-9-26(10-6-15)7-2-8-27-14-25-18-19(22)23-13-24-20(18)27/h1,3-4,11,13-15H,2,5-10,12H2,(H2,22,23,24). The lowest BCUT2D eigenvalue weighted by Gasteiger charge is -2.31. The van der Waals surface area contributed by atoms with Gasteiger partial charge in [0.2, 0.25) is 0 Å². The Morgan fingerprint density at radius 2 is 2.00 bits per heavy atom. The summed E-state index contributed by atoms with van der Waals surface area (Å²) in [7, 11) is 0. The van der Waals surface area contributed by atoms with Gasteiger partial charge in [-0.05, 0) is 63.0 Å². The fraction of sp³-hybridized carbons (Fsp3) is 0.450. The molecule has 7 nitrogen and oxygen atoms in total. The molecule has 0 saturated carbocycles. The minimum absolute atomic E-state index is 0.436. The fourth-order valence-corrected chi connectivity index (χ4v) is 3.85. The summed E-state index contributed by atoms with van der Waals surface area (Å²) < 4.78 is 7.96. The monoisotopic (exact) mass is 400 g/mol. The van der Waals surface area contributed by atoms with Crippen LogP contribution >= 0.6 is 11.6 Å². The normalized spacial score (nSPS) is 15.9. The number of piperidine rings is 1. The Labute approximate surface area is 169 Å². The van der Waals surface area contributed by atoms with Crippen LogP contribution in [0.15, 0.2) is 36.9 Å². The second-order valence-electron chi connectivity index (χ2n) is 7.28. The van der Waals surface area contributed by atoms with Gasteiger partial charge < -0.3 is 19.9 Å². The molecule has 148 valence electrons. The van der Waals surface area contributed by atoms with Crippen LogP contribution in [0.3, 0.4) is 0 Å². The highest BCUT2D eigenvalue weighted by molar-refractivity contribution is 6.30. The first-order chi connectivity index (χ1) is 13.7. The number of halogens is 1. The van der Waals surface area contributed by atoms with Gasteiger partial charge in [0.25, 0.3) is 0 Å². The van der Waals surface area contributed by atoms with Crippen molar-refractivity contribution in [3.63, 3.8) is 0 Å². The molecular formula is C20H25ClN6O. The lowest BCUT2D eigenvalue weighted by molar-refractivity contribution is 0.139. The first kappa shape index (κ1) is 19.0. The zero-order valence-electron chi connectivity index (χ0n) is 15.8. The molecule has 1 saturated heterocycles. The molecule has 8 heteroatoms. The fourth-order valence-electron chi connectivity index (χ4n) is 3.67. The number of hydrogen-bond donors (Lipinski definition) is 1. The van der Waals surface area contributed by atoms with Crippen molar-refractivity contribution in [2.75, 3.05) is 32.0 Å². The van der Waals surface area contributed by atoms with Crippen molar-refractivity contribution in [2.24, 2.45) is 5.92 Å². The van der Waals surface area contributed by atoms with Crippen LogP contribution in [0.4, 0.5) is 5.82 Å². The maximum Gasteiger partial charge on any atom is 0.165 e. The van der Waals surface area contributed by atoms with E-state index >= 15 is 0 Å². The largest absolute Gasteiger partial charge is 0.493 e. The third-order valence-corrected chi connectivity index (χ3v) is 5.53. The van der Waals surface area contributed by atoms with Crippen molar-refractivity contribution >= 4 is 28.6 Å². The van der Waals surface area contributed by atoms with Crippen molar-refractivity contribution in [1.29, 1.82) is 0 Å². The van der Waals surface area contributed by atoms with E-state index in [1.54, 1.807) is 6.33 Å². The van der Waals surface area contributed by atoms with Crippen molar-refractivity contribution < 1.29 is 4.74 Å². The number of nitrogens with two attached hydrogens (primary N) is 1. The highest BCUT2D eigenvalue weighted by atomic mass is 35.5. The van der Waals surface area contributed by atoms with Gasteiger partial charge in [-0.25, -0.2) is 15.0 Å². The van der Waals surface area contributed by atoms with Crippen LogP contribution in [0.2, 0.25) is 5.02 Å². The van der Waals surface area contributed by atoms with Crippen molar-refractivity contribution in [2.45, 2.75) is 25.8 Å². The number of nitrogen functional groups attached to an aromatic ring is 1. The molecule has 1 aliphatic heterocycles. The summed E-state index contributed by atoms with van der Waals surface area (Å²) in [6, 6.07) is 7.61. The minimum atomic E-state index is 0.436. The van der Waals surface area contributed by atoms with Crippen molar-refractivity contribution in [1.82, 2.24) is 24.4 Å². The molecule has 3 aromatic rings. The van der Waals surface area contributed by atoms with Gasteiger partial charge in [-0.2, -0.15) is 0 Å². The van der Waals surface area contributed by atoms with Crippen LogP contribution in [-0.4, -0.2) is 50.7 Å². The number of nitrogens with zero attached hydrogens (tertiary/aromatic N) is 5. The number of imidazole rings is 1. The maximum absolute atomic E-state index is 6.01. The van der Waals surface area contributed by atoms with Gasteiger partial charge in [-0.3, -0.25) is 0 Å². The van der Waals surface area contributed by atoms with Gasteiger partial charge >= 0.3 is 0 Å². The lowest BCUT2D eigenvalue weighted by Crippen LogP contribution is -2.36. The van der Waals surface area contributed by atoms with Crippen LogP contribution in [0.1, 0.15) is 19.3 Å². The predicted octanol–water partition coefficient (Wildman–Crippen LogP) is 3.24. The Morgan fingerprint density at radius 3 is 2.82 bits per heavy atom. The van der Waals surface area contributed by atoms with Gasteiger partial charge in [0, 0.05) is 11.6 Å². The maximum atomic E-state index is 6.01. The zero-order valence-corrected chi connectivity index (χ0v) is 16.6. The SMILES string of the molecule is Nc1ncnc2c1ncn2CCCN1CCC(COc2cccc(Cl)c2)CC1. The smallest absolute Gasteiger partial charge is 0.165 e. The molecule has 1 aliphatic rings. The number of likely N-dealkylation sites (tertiary alicyclic amines) is 1. The number of anilines is 1. The van der Waals surface area contributed by atoms with Crippen LogP contribution < -0.4 is 10.5 Å². The number of aromatic nitrogens is 4. The summed E-state index contributed by atoms with van der Waals surface area (Å²) >= 11 is 6.01. The van der Waals surface area contributed by atoms with Crippen LogP contribution in [-0.2, 0) is 6.54 Å². The van der Waals surface area contributed by atoms with E-state index in [2.05, 4.69) is 24.4 Å². The first-order valence-electron chi connectivity index (χ1n) is 9.71. The average Bonchev–Trinajstić information content (AvgIpc) is 3.12. The van der Waals surface area contributed by atoms with Gasteiger partial charge in [0.15, 0.2) is 11.5 Å². The molecule has 1 aromatic carbocycles. The number of benzene rings is 1. The Bertz CT molecular complexity index is 922. The molecule has 0 radical (unpaired) electrons. The second kappa shape index (κ2) is 8.75. The molecule has 2 aromatic heterocycles. The molecule has 0 atom stereocenters.